The quantitative estimate of drug-likeness (QED) is 0.550. The topological polar surface area (TPSA) is 61.9 Å². The van der Waals surface area contributed by atoms with Gasteiger partial charge >= 0.3 is 0 Å². The van der Waals surface area contributed by atoms with Crippen molar-refractivity contribution in [1.82, 2.24) is 4.90 Å². The third-order valence-corrected chi connectivity index (χ3v) is 6.81. The molecule has 0 bridgehead atoms. The molecule has 2 aromatic carbocycles. The molecular formula is C28H37N3O3. The predicted molar refractivity (Wildman–Crippen MR) is 136 cm³/mol. The molecule has 2 amide bonds. The van der Waals surface area contributed by atoms with Crippen molar-refractivity contribution in [1.29, 1.82) is 0 Å². The largest absolute Gasteiger partial charge is 0.377 e. The molecule has 1 N–H and O–H groups in total. The second-order valence-corrected chi connectivity index (χ2v) is 9.73. The van der Waals surface area contributed by atoms with E-state index in [0.717, 1.165) is 61.2 Å². The van der Waals surface area contributed by atoms with E-state index >= 15 is 0 Å². The number of hydrogen-bond acceptors (Lipinski definition) is 4. The molecule has 0 unspecified atom stereocenters. The summed E-state index contributed by atoms with van der Waals surface area (Å²) >= 11 is 0. The van der Waals surface area contributed by atoms with Crippen molar-refractivity contribution in [3.8, 4) is 0 Å². The van der Waals surface area contributed by atoms with Crippen LogP contribution in [0.15, 0.2) is 48.5 Å². The smallest absolute Gasteiger partial charge is 0.230 e. The van der Waals surface area contributed by atoms with Crippen LogP contribution < -0.4 is 10.2 Å². The number of hydrogen-bond donors (Lipinski definition) is 1. The van der Waals surface area contributed by atoms with E-state index in [1.807, 2.05) is 67.5 Å². The van der Waals surface area contributed by atoms with E-state index in [0.29, 0.717) is 13.1 Å². The van der Waals surface area contributed by atoms with Gasteiger partial charge in [0.2, 0.25) is 11.8 Å². The molecule has 1 saturated carbocycles. The highest BCUT2D eigenvalue weighted by Crippen LogP contribution is 2.32. The van der Waals surface area contributed by atoms with Gasteiger partial charge in [0.25, 0.3) is 0 Å². The maximum atomic E-state index is 13.9. The summed E-state index contributed by atoms with van der Waals surface area (Å²) in [5.74, 6) is 0.168. The van der Waals surface area contributed by atoms with Gasteiger partial charge < -0.3 is 19.9 Å². The Morgan fingerprint density at radius 2 is 1.85 bits per heavy atom. The van der Waals surface area contributed by atoms with Gasteiger partial charge in [0.15, 0.2) is 0 Å². The van der Waals surface area contributed by atoms with Gasteiger partial charge in [-0.15, -0.1) is 0 Å². The summed E-state index contributed by atoms with van der Waals surface area (Å²) in [7, 11) is 4.01. The fourth-order valence-corrected chi connectivity index (χ4v) is 4.75. The fraction of sp³-hybridized carbons (Fsp3) is 0.500. The molecule has 182 valence electrons. The zero-order valence-electron chi connectivity index (χ0n) is 20.6. The van der Waals surface area contributed by atoms with Crippen LogP contribution in [-0.2, 0) is 20.9 Å². The van der Waals surface area contributed by atoms with E-state index in [-0.39, 0.29) is 29.8 Å². The van der Waals surface area contributed by atoms with Gasteiger partial charge in [-0.1, -0.05) is 37.3 Å². The van der Waals surface area contributed by atoms with Crippen LogP contribution in [0.1, 0.15) is 56.1 Å². The summed E-state index contributed by atoms with van der Waals surface area (Å²) in [6.07, 6.45) is 4.76. The summed E-state index contributed by atoms with van der Waals surface area (Å²) in [5.41, 5.74) is 3.90. The number of amides is 2. The molecule has 6 heteroatoms. The van der Waals surface area contributed by atoms with Crippen molar-refractivity contribution in [2.24, 2.45) is 5.92 Å². The van der Waals surface area contributed by atoms with Gasteiger partial charge in [-0.2, -0.15) is 0 Å². The Morgan fingerprint density at radius 3 is 2.47 bits per heavy atom. The predicted octanol–water partition coefficient (Wildman–Crippen LogP) is 4.80. The molecule has 2 atom stereocenters. The highest BCUT2D eigenvalue weighted by atomic mass is 16.5. The van der Waals surface area contributed by atoms with Crippen molar-refractivity contribution in [2.45, 2.75) is 57.6 Å². The van der Waals surface area contributed by atoms with Crippen LogP contribution in [0.3, 0.4) is 0 Å². The Morgan fingerprint density at radius 1 is 1.09 bits per heavy atom. The maximum absolute atomic E-state index is 13.9. The Hall–Kier alpha value is -2.86. The van der Waals surface area contributed by atoms with E-state index in [9.17, 15) is 9.59 Å². The van der Waals surface area contributed by atoms with E-state index in [4.69, 9.17) is 4.74 Å². The summed E-state index contributed by atoms with van der Waals surface area (Å²) in [6.45, 7) is 3.88. The molecule has 4 rings (SSSR count). The van der Waals surface area contributed by atoms with Gasteiger partial charge in [0.1, 0.15) is 0 Å². The first-order valence-corrected chi connectivity index (χ1v) is 12.5. The summed E-state index contributed by atoms with van der Waals surface area (Å²) in [6, 6.07) is 16.0. The molecule has 34 heavy (non-hydrogen) atoms. The minimum atomic E-state index is -0.192. The molecular weight excluding hydrogens is 426 g/mol. The number of anilines is 2. The van der Waals surface area contributed by atoms with Crippen molar-refractivity contribution in [3.05, 3.63) is 59.7 Å². The van der Waals surface area contributed by atoms with Crippen molar-refractivity contribution in [3.63, 3.8) is 0 Å². The molecule has 1 heterocycles. The van der Waals surface area contributed by atoms with Crippen LogP contribution in [0.25, 0.3) is 0 Å². The van der Waals surface area contributed by atoms with Crippen molar-refractivity contribution in [2.75, 3.05) is 37.5 Å². The van der Waals surface area contributed by atoms with E-state index in [1.54, 1.807) is 0 Å². The number of carbonyl (C=O) groups excluding carboxylic acids is 2. The third-order valence-electron chi connectivity index (χ3n) is 6.81. The average Bonchev–Trinajstić information content (AvgIpc) is 3.57. The van der Waals surface area contributed by atoms with Gasteiger partial charge in [-0.25, -0.2) is 0 Å². The summed E-state index contributed by atoms with van der Waals surface area (Å²) in [4.78, 5) is 30.3. The average molecular weight is 464 g/mol. The van der Waals surface area contributed by atoms with Crippen LogP contribution in [0.2, 0.25) is 0 Å². The lowest BCUT2D eigenvalue weighted by atomic mass is 9.94. The fourth-order valence-electron chi connectivity index (χ4n) is 4.75. The zero-order chi connectivity index (χ0) is 24.1. The standard InChI is InChI=1S/C28H37N3O3/c1-4-25(20-9-6-5-7-10-20)28(33)31(19-24-11-8-16-34-24)18-22-17-23(14-15-26(22)30(2)3)29-27(32)21-12-13-21/h5-7,9-10,14-15,17,21,24-25H,4,8,11-13,16,18-19H2,1-3H3,(H,29,32)/t24-,25+/m1/s1. The number of nitrogens with zero attached hydrogens (tertiary/aromatic N) is 2. The zero-order valence-corrected chi connectivity index (χ0v) is 20.6. The first-order chi connectivity index (χ1) is 16.5. The van der Waals surface area contributed by atoms with Crippen LogP contribution in [-0.4, -0.2) is 50.1 Å². The normalized spacial score (nSPS) is 18.4. The monoisotopic (exact) mass is 463 g/mol. The molecule has 2 aliphatic rings. The Bertz CT molecular complexity index is 982. The van der Waals surface area contributed by atoms with E-state index < -0.39 is 0 Å². The van der Waals surface area contributed by atoms with Crippen LogP contribution in [0.4, 0.5) is 11.4 Å². The lowest BCUT2D eigenvalue weighted by molar-refractivity contribution is -0.135. The lowest BCUT2D eigenvalue weighted by Gasteiger charge is -2.31. The Labute approximate surface area is 203 Å². The Balaban J connectivity index is 1.61. The van der Waals surface area contributed by atoms with Crippen LogP contribution in [0.5, 0.6) is 0 Å². The van der Waals surface area contributed by atoms with Crippen LogP contribution in [0, 0.1) is 5.92 Å². The van der Waals surface area contributed by atoms with Crippen LogP contribution >= 0.6 is 0 Å². The summed E-state index contributed by atoms with van der Waals surface area (Å²) in [5, 5.41) is 3.06. The second kappa shape index (κ2) is 11.0. The molecule has 1 aliphatic heterocycles. The molecule has 1 saturated heterocycles. The van der Waals surface area contributed by atoms with E-state index in [2.05, 4.69) is 17.1 Å². The summed E-state index contributed by atoms with van der Waals surface area (Å²) < 4.78 is 5.92. The number of benzene rings is 2. The SMILES string of the molecule is CC[C@H](C(=O)N(Cc1cc(NC(=O)C2CC2)ccc1N(C)C)C[C@H]1CCCO1)c1ccccc1. The number of ether oxygens (including phenoxy) is 1. The second-order valence-electron chi connectivity index (χ2n) is 9.73. The molecule has 0 aromatic heterocycles. The number of carbonyl (C=O) groups is 2. The molecule has 1 aliphatic carbocycles. The molecule has 2 fully saturated rings. The number of nitrogens with one attached hydrogen (secondary N) is 1. The minimum absolute atomic E-state index is 0.0674. The molecule has 0 radical (unpaired) electrons. The van der Waals surface area contributed by atoms with Gasteiger partial charge in [-0.05, 0) is 61.4 Å². The highest BCUT2D eigenvalue weighted by molar-refractivity contribution is 5.94. The maximum Gasteiger partial charge on any atom is 0.230 e. The van der Waals surface area contributed by atoms with Gasteiger partial charge in [0.05, 0.1) is 12.0 Å². The van der Waals surface area contributed by atoms with E-state index in [1.165, 1.54) is 0 Å². The highest BCUT2D eigenvalue weighted by Gasteiger charge is 2.31. The van der Waals surface area contributed by atoms with Crippen molar-refractivity contribution >= 4 is 23.2 Å². The first kappa shape index (κ1) is 24.3. The van der Waals surface area contributed by atoms with Crippen molar-refractivity contribution < 1.29 is 14.3 Å². The number of rotatable bonds is 10. The third kappa shape index (κ3) is 5.98. The lowest BCUT2D eigenvalue weighted by Crippen LogP contribution is -2.40. The minimum Gasteiger partial charge on any atom is -0.377 e. The Kier molecular flexibility index (Phi) is 7.88. The first-order valence-electron chi connectivity index (χ1n) is 12.5. The molecule has 0 spiro atoms. The molecule has 2 aromatic rings. The molecule has 6 nitrogen and oxygen atoms in total. The van der Waals surface area contributed by atoms with Gasteiger partial charge in [0, 0.05) is 51.1 Å². The van der Waals surface area contributed by atoms with Gasteiger partial charge in [-0.3, -0.25) is 9.59 Å².